The Balaban J connectivity index is 2.75. The molecule has 1 aromatic rings. The van der Waals surface area contributed by atoms with Crippen LogP contribution in [-0.4, -0.2) is 20.4 Å². The fourth-order valence-corrected chi connectivity index (χ4v) is 2.31. The van der Waals surface area contributed by atoms with Crippen LogP contribution >= 0.6 is 0 Å². The van der Waals surface area contributed by atoms with Gasteiger partial charge < -0.3 is 0 Å². The number of rotatable bonds is 0. The van der Waals surface area contributed by atoms with Crippen LogP contribution < -0.4 is 4.31 Å². The standard InChI is InChI=1S/C6H6N2O2S/c1-8-5-2-3-7-4-6(5)11(8,9)10/h2-4H,1H3. The van der Waals surface area contributed by atoms with Crippen molar-refractivity contribution < 1.29 is 8.42 Å². The Hall–Kier alpha value is -1.10. The molecule has 2 rings (SSSR count). The zero-order valence-electron chi connectivity index (χ0n) is 5.85. The highest BCUT2D eigenvalue weighted by molar-refractivity contribution is 7.94. The van der Waals surface area contributed by atoms with Gasteiger partial charge in [-0.3, -0.25) is 9.29 Å². The molecule has 1 aliphatic rings. The van der Waals surface area contributed by atoms with Crippen molar-refractivity contribution in [2.75, 3.05) is 11.4 Å². The lowest BCUT2D eigenvalue weighted by molar-refractivity contribution is 0.586. The van der Waals surface area contributed by atoms with Gasteiger partial charge in [0.1, 0.15) is 4.90 Å². The first-order valence-corrected chi connectivity index (χ1v) is 4.51. The molecule has 0 unspecified atom stereocenters. The highest BCUT2D eigenvalue weighted by atomic mass is 32.2. The van der Waals surface area contributed by atoms with Gasteiger partial charge in [-0.05, 0) is 6.07 Å². The molecule has 0 bridgehead atoms. The molecule has 0 saturated carbocycles. The van der Waals surface area contributed by atoms with Crippen LogP contribution in [0.2, 0.25) is 0 Å². The first kappa shape index (κ1) is 6.60. The van der Waals surface area contributed by atoms with E-state index in [1.165, 1.54) is 17.5 Å². The molecule has 4 nitrogen and oxygen atoms in total. The maximum atomic E-state index is 11.1. The van der Waals surface area contributed by atoms with Crippen LogP contribution in [-0.2, 0) is 10.0 Å². The molecule has 0 radical (unpaired) electrons. The molecule has 0 spiro atoms. The third-order valence-electron chi connectivity index (χ3n) is 1.74. The van der Waals surface area contributed by atoms with E-state index < -0.39 is 10.0 Å². The molecule has 0 amide bonds. The molecule has 0 N–H and O–H groups in total. The van der Waals surface area contributed by atoms with E-state index in [2.05, 4.69) is 4.98 Å². The largest absolute Gasteiger partial charge is 0.268 e. The van der Waals surface area contributed by atoms with Crippen molar-refractivity contribution in [3.05, 3.63) is 18.5 Å². The Bertz CT molecular complexity index is 399. The van der Waals surface area contributed by atoms with Gasteiger partial charge >= 0.3 is 0 Å². The van der Waals surface area contributed by atoms with E-state index in [1.807, 2.05) is 0 Å². The highest BCUT2D eigenvalue weighted by Gasteiger charge is 2.36. The number of sulfonamides is 1. The molecule has 0 aliphatic carbocycles. The van der Waals surface area contributed by atoms with Gasteiger partial charge in [-0.2, -0.15) is 0 Å². The Morgan fingerprint density at radius 3 is 2.91 bits per heavy atom. The number of aromatic nitrogens is 1. The Kier molecular flexibility index (Phi) is 1.04. The van der Waals surface area contributed by atoms with Crippen LogP contribution in [0.4, 0.5) is 5.69 Å². The van der Waals surface area contributed by atoms with Crippen molar-refractivity contribution in [2.45, 2.75) is 4.90 Å². The minimum atomic E-state index is -3.15. The van der Waals surface area contributed by atoms with Gasteiger partial charge in [0, 0.05) is 19.4 Å². The summed E-state index contributed by atoms with van der Waals surface area (Å²) in [6.45, 7) is 0. The van der Waals surface area contributed by atoms with E-state index in [0.29, 0.717) is 4.90 Å². The summed E-state index contributed by atoms with van der Waals surface area (Å²) < 4.78 is 23.5. The van der Waals surface area contributed by atoms with Crippen LogP contribution in [0.1, 0.15) is 0 Å². The summed E-state index contributed by atoms with van der Waals surface area (Å²) in [7, 11) is -1.62. The predicted octanol–water partition coefficient (Wildman–Crippen LogP) is 0.220. The van der Waals surface area contributed by atoms with Crippen LogP contribution in [0, 0.1) is 0 Å². The molecule has 1 aromatic heterocycles. The summed E-state index contributed by atoms with van der Waals surface area (Å²) in [4.78, 5) is 4.04. The van der Waals surface area contributed by atoms with Crippen LogP contribution in [0.5, 0.6) is 0 Å². The first-order chi connectivity index (χ1) is 5.14. The quantitative estimate of drug-likeness (QED) is 0.559. The lowest BCUT2D eigenvalue weighted by atomic mass is 10.4. The number of pyridine rings is 1. The fraction of sp³-hybridized carbons (Fsp3) is 0.167. The van der Waals surface area contributed by atoms with Crippen LogP contribution in [0.3, 0.4) is 0 Å². The van der Waals surface area contributed by atoms with Gasteiger partial charge in [-0.25, -0.2) is 8.42 Å². The lowest BCUT2D eigenvalue weighted by Crippen LogP contribution is -2.36. The van der Waals surface area contributed by atoms with Crippen molar-refractivity contribution in [3.63, 3.8) is 0 Å². The second kappa shape index (κ2) is 1.73. The minimum absolute atomic E-state index is 0.322. The maximum Gasteiger partial charge on any atom is 0.267 e. The number of hydrogen-bond donors (Lipinski definition) is 0. The summed E-state index contributed by atoms with van der Waals surface area (Å²) in [5.74, 6) is 0. The molecule has 1 aliphatic heterocycles. The number of nitrogens with zero attached hydrogens (tertiary/aromatic N) is 2. The molecule has 0 aromatic carbocycles. The summed E-state index contributed by atoms with van der Waals surface area (Å²) in [5, 5.41) is 0. The summed E-state index contributed by atoms with van der Waals surface area (Å²) in [6, 6.07) is 1.68. The monoisotopic (exact) mass is 170 g/mol. The van der Waals surface area contributed by atoms with Crippen molar-refractivity contribution >= 4 is 15.7 Å². The van der Waals surface area contributed by atoms with Gasteiger partial charge in [-0.1, -0.05) is 0 Å². The smallest absolute Gasteiger partial charge is 0.267 e. The van der Waals surface area contributed by atoms with Gasteiger partial charge in [0.05, 0.1) is 5.69 Å². The molecule has 2 heterocycles. The summed E-state index contributed by atoms with van der Waals surface area (Å²) in [5.41, 5.74) is 0.722. The molecular formula is C6H6N2O2S. The van der Waals surface area contributed by atoms with Crippen molar-refractivity contribution in [2.24, 2.45) is 0 Å². The van der Waals surface area contributed by atoms with E-state index in [-0.39, 0.29) is 0 Å². The fourth-order valence-electron chi connectivity index (χ4n) is 1.07. The summed E-state index contributed by atoms with van der Waals surface area (Å²) >= 11 is 0. The van der Waals surface area contributed by atoms with Crippen molar-refractivity contribution in [3.8, 4) is 0 Å². The van der Waals surface area contributed by atoms with E-state index in [0.717, 1.165) is 5.69 Å². The van der Waals surface area contributed by atoms with Gasteiger partial charge in [-0.15, -0.1) is 0 Å². The molecule has 58 valence electrons. The van der Waals surface area contributed by atoms with Crippen molar-refractivity contribution in [1.82, 2.24) is 4.98 Å². The number of anilines is 1. The first-order valence-electron chi connectivity index (χ1n) is 3.07. The second-order valence-electron chi connectivity index (χ2n) is 2.32. The van der Waals surface area contributed by atoms with E-state index >= 15 is 0 Å². The number of hydrogen-bond acceptors (Lipinski definition) is 3. The maximum absolute atomic E-state index is 11.1. The topological polar surface area (TPSA) is 50.3 Å². The van der Waals surface area contributed by atoms with E-state index in [9.17, 15) is 8.42 Å². The second-order valence-corrected chi connectivity index (χ2v) is 4.25. The van der Waals surface area contributed by atoms with Crippen molar-refractivity contribution in [1.29, 1.82) is 0 Å². The molecule has 0 fully saturated rings. The predicted molar refractivity (Wildman–Crippen MR) is 39.8 cm³/mol. The third kappa shape index (κ3) is 0.632. The molecule has 0 atom stereocenters. The van der Waals surface area contributed by atoms with E-state index in [1.54, 1.807) is 12.3 Å². The van der Waals surface area contributed by atoms with Gasteiger partial charge in [0.25, 0.3) is 10.0 Å². The Morgan fingerprint density at radius 1 is 1.55 bits per heavy atom. The van der Waals surface area contributed by atoms with Gasteiger partial charge in [0.2, 0.25) is 0 Å². The zero-order chi connectivity index (χ0) is 8.06. The summed E-state index contributed by atoms with van der Waals surface area (Å²) in [6.07, 6.45) is 2.94. The minimum Gasteiger partial charge on any atom is -0.268 e. The molecule has 5 heteroatoms. The van der Waals surface area contributed by atoms with Gasteiger partial charge in [0.15, 0.2) is 0 Å². The Labute approximate surface area is 64.5 Å². The lowest BCUT2D eigenvalue weighted by Gasteiger charge is -2.30. The Morgan fingerprint density at radius 2 is 2.27 bits per heavy atom. The number of fused-ring (bicyclic) bond motifs is 1. The average Bonchev–Trinajstić information content (AvgIpc) is 2.04. The molecule has 11 heavy (non-hydrogen) atoms. The average molecular weight is 170 g/mol. The normalized spacial score (nSPS) is 18.8. The SMILES string of the molecule is CN1c2ccncc2S1(=O)=O. The highest BCUT2D eigenvalue weighted by Crippen LogP contribution is 2.36. The van der Waals surface area contributed by atoms with Crippen LogP contribution in [0.25, 0.3) is 0 Å². The zero-order valence-corrected chi connectivity index (χ0v) is 6.67. The third-order valence-corrected chi connectivity index (χ3v) is 3.53. The molecular weight excluding hydrogens is 164 g/mol. The van der Waals surface area contributed by atoms with Crippen LogP contribution in [0.15, 0.2) is 23.4 Å². The van der Waals surface area contributed by atoms with E-state index in [4.69, 9.17) is 0 Å². The molecule has 0 saturated heterocycles.